The number of hydrogen-bond donors (Lipinski definition) is 0. The maximum Gasteiger partial charge on any atom is 0.393 e. The number of rotatable bonds is 3. The molecule has 1 fully saturated rings. The monoisotopic (exact) mass is 288 g/mol. The van der Waals surface area contributed by atoms with Crippen molar-refractivity contribution in [2.45, 2.75) is 57.6 Å². The first kappa shape index (κ1) is 15.8. The van der Waals surface area contributed by atoms with E-state index < -0.39 is 39.5 Å². The first-order chi connectivity index (χ1) is 8.19. The molecule has 0 spiro atoms. The molecule has 0 aliphatic carbocycles. The lowest BCUT2D eigenvalue weighted by Crippen LogP contribution is -2.53. The molecule has 1 rings (SSSR count). The Morgan fingerprint density at radius 1 is 1.06 bits per heavy atom. The summed E-state index contributed by atoms with van der Waals surface area (Å²) in [5.41, 5.74) is 0. The van der Waals surface area contributed by atoms with Crippen molar-refractivity contribution in [2.24, 2.45) is 11.8 Å². The summed E-state index contributed by atoms with van der Waals surface area (Å²) < 4.78 is 67.9. The fourth-order valence-corrected chi connectivity index (χ4v) is 4.69. The van der Waals surface area contributed by atoms with Crippen LogP contribution in [0.1, 0.15) is 40.0 Å². The number of hydrogen-bond acceptors (Lipinski definition) is 3. The summed E-state index contributed by atoms with van der Waals surface area (Å²) in [4.78, 5) is 0. The van der Waals surface area contributed by atoms with Crippen LogP contribution in [0.25, 0.3) is 0 Å². The number of alkyl halides is 3. The van der Waals surface area contributed by atoms with Crippen LogP contribution in [0.3, 0.4) is 0 Å². The Balaban J connectivity index is 3.25. The van der Waals surface area contributed by atoms with Crippen molar-refractivity contribution < 1.29 is 25.8 Å². The predicted molar refractivity (Wildman–Crippen MR) is 61.5 cm³/mol. The lowest BCUT2D eigenvalue weighted by molar-refractivity contribution is -0.204. The summed E-state index contributed by atoms with van der Waals surface area (Å²) in [6.45, 7) is 4.73. The summed E-state index contributed by atoms with van der Waals surface area (Å²) in [6, 6.07) is 0. The van der Waals surface area contributed by atoms with Crippen LogP contribution in [0.15, 0.2) is 0 Å². The maximum atomic E-state index is 13.1. The van der Waals surface area contributed by atoms with Crippen molar-refractivity contribution in [3.05, 3.63) is 0 Å². The third kappa shape index (κ3) is 2.82. The van der Waals surface area contributed by atoms with Gasteiger partial charge in [0.1, 0.15) is 0 Å². The molecule has 0 aromatic rings. The second kappa shape index (κ2) is 5.36. The molecule has 18 heavy (non-hydrogen) atoms. The highest BCUT2D eigenvalue weighted by Gasteiger charge is 2.58. The molecule has 4 atom stereocenters. The largest absolute Gasteiger partial charge is 0.393 e. The molecule has 0 saturated carbocycles. The first-order valence-electron chi connectivity index (χ1n) is 6.17. The van der Waals surface area contributed by atoms with Crippen LogP contribution < -0.4 is 0 Å². The van der Waals surface area contributed by atoms with Gasteiger partial charge in [0.25, 0.3) is 10.1 Å². The highest BCUT2D eigenvalue weighted by molar-refractivity contribution is 7.87. The van der Waals surface area contributed by atoms with Crippen LogP contribution in [0, 0.1) is 11.8 Å². The van der Waals surface area contributed by atoms with Gasteiger partial charge in [0.05, 0.1) is 17.3 Å². The minimum Gasteiger partial charge on any atom is -0.266 e. The SMILES string of the molecule is CCC1OS(=O)(=O)C(CC)C(C(F)(F)F)C1CC. The van der Waals surface area contributed by atoms with E-state index in [1.807, 2.05) is 0 Å². The Morgan fingerprint density at radius 2 is 1.61 bits per heavy atom. The van der Waals surface area contributed by atoms with Crippen molar-refractivity contribution in [1.29, 1.82) is 0 Å². The molecular weight excluding hydrogens is 269 g/mol. The van der Waals surface area contributed by atoms with E-state index in [2.05, 4.69) is 0 Å². The van der Waals surface area contributed by atoms with E-state index in [-0.39, 0.29) is 19.3 Å². The van der Waals surface area contributed by atoms with Crippen molar-refractivity contribution >= 4 is 10.1 Å². The normalized spacial score (nSPS) is 36.6. The van der Waals surface area contributed by atoms with Gasteiger partial charge in [-0.1, -0.05) is 27.2 Å². The van der Waals surface area contributed by atoms with E-state index in [1.54, 1.807) is 13.8 Å². The average molecular weight is 288 g/mol. The van der Waals surface area contributed by atoms with Crippen LogP contribution >= 0.6 is 0 Å². The molecular formula is C11H19F3O3S. The van der Waals surface area contributed by atoms with Crippen molar-refractivity contribution in [1.82, 2.24) is 0 Å². The summed E-state index contributed by atoms with van der Waals surface area (Å²) in [6.07, 6.45) is -4.94. The van der Waals surface area contributed by atoms with Gasteiger partial charge in [-0.05, 0) is 18.8 Å². The van der Waals surface area contributed by atoms with E-state index in [4.69, 9.17) is 4.18 Å². The van der Waals surface area contributed by atoms with Gasteiger partial charge >= 0.3 is 6.18 Å². The average Bonchev–Trinajstić information content (AvgIpc) is 2.25. The molecule has 1 aliphatic rings. The molecule has 7 heteroatoms. The van der Waals surface area contributed by atoms with E-state index >= 15 is 0 Å². The quantitative estimate of drug-likeness (QED) is 0.749. The molecule has 0 aromatic carbocycles. The summed E-state index contributed by atoms with van der Waals surface area (Å²) in [5.74, 6) is -2.61. The van der Waals surface area contributed by atoms with Crippen LogP contribution in [-0.2, 0) is 14.3 Å². The number of halogens is 3. The summed E-state index contributed by atoms with van der Waals surface area (Å²) in [5, 5.41) is -1.48. The third-order valence-electron chi connectivity index (χ3n) is 3.62. The summed E-state index contributed by atoms with van der Waals surface area (Å²) in [7, 11) is -4.13. The first-order valence-corrected chi connectivity index (χ1v) is 7.64. The molecule has 1 heterocycles. The molecule has 1 aliphatic heterocycles. The Hall–Kier alpha value is -0.300. The third-order valence-corrected chi connectivity index (χ3v) is 5.51. The van der Waals surface area contributed by atoms with Crippen LogP contribution in [0.2, 0.25) is 0 Å². The predicted octanol–water partition coefficient (Wildman–Crippen LogP) is 3.11. The fourth-order valence-electron chi connectivity index (χ4n) is 2.80. The molecule has 108 valence electrons. The Bertz CT molecular complexity index is 377. The zero-order chi connectivity index (χ0) is 14.1. The van der Waals surface area contributed by atoms with Crippen LogP contribution in [-0.4, -0.2) is 25.9 Å². The highest BCUT2D eigenvalue weighted by Crippen LogP contribution is 2.46. The van der Waals surface area contributed by atoms with Crippen LogP contribution in [0.4, 0.5) is 13.2 Å². The van der Waals surface area contributed by atoms with E-state index in [0.29, 0.717) is 0 Å². The molecule has 4 unspecified atom stereocenters. The van der Waals surface area contributed by atoms with Gasteiger partial charge in [0.15, 0.2) is 0 Å². The standard InChI is InChI=1S/C11H19F3O3S/c1-4-7-8(5-2)17-18(15,16)9(6-3)10(7)11(12,13)14/h7-10H,4-6H2,1-3H3. The van der Waals surface area contributed by atoms with Gasteiger partial charge in [-0.2, -0.15) is 21.6 Å². The highest BCUT2D eigenvalue weighted by atomic mass is 32.2. The van der Waals surface area contributed by atoms with Crippen molar-refractivity contribution in [3.8, 4) is 0 Å². The second-order valence-electron chi connectivity index (χ2n) is 4.62. The smallest absolute Gasteiger partial charge is 0.266 e. The zero-order valence-electron chi connectivity index (χ0n) is 10.7. The van der Waals surface area contributed by atoms with E-state index in [0.717, 1.165) is 0 Å². The van der Waals surface area contributed by atoms with Gasteiger partial charge in [-0.3, -0.25) is 4.18 Å². The minimum absolute atomic E-state index is 0.0839. The Morgan fingerprint density at radius 3 is 1.94 bits per heavy atom. The topological polar surface area (TPSA) is 43.4 Å². The second-order valence-corrected chi connectivity index (χ2v) is 6.41. The zero-order valence-corrected chi connectivity index (χ0v) is 11.5. The van der Waals surface area contributed by atoms with Gasteiger partial charge in [-0.25, -0.2) is 0 Å². The molecule has 0 radical (unpaired) electrons. The Labute approximate surface area is 106 Å². The molecule has 3 nitrogen and oxygen atoms in total. The minimum atomic E-state index is -4.51. The lowest BCUT2D eigenvalue weighted by Gasteiger charge is -2.42. The van der Waals surface area contributed by atoms with Gasteiger partial charge < -0.3 is 0 Å². The molecule has 0 N–H and O–H groups in total. The molecule has 0 amide bonds. The lowest BCUT2D eigenvalue weighted by atomic mass is 9.80. The maximum absolute atomic E-state index is 13.1. The molecule has 0 bridgehead atoms. The van der Waals surface area contributed by atoms with Crippen molar-refractivity contribution in [3.63, 3.8) is 0 Å². The van der Waals surface area contributed by atoms with Gasteiger partial charge in [0, 0.05) is 0 Å². The van der Waals surface area contributed by atoms with E-state index in [9.17, 15) is 21.6 Å². The molecule has 1 saturated heterocycles. The van der Waals surface area contributed by atoms with E-state index in [1.165, 1.54) is 6.92 Å². The Kier molecular flexibility index (Phi) is 4.70. The van der Waals surface area contributed by atoms with Gasteiger partial charge in [-0.15, -0.1) is 0 Å². The molecule has 0 aromatic heterocycles. The van der Waals surface area contributed by atoms with Crippen molar-refractivity contribution in [2.75, 3.05) is 0 Å². The summed E-state index contributed by atoms with van der Waals surface area (Å²) >= 11 is 0. The van der Waals surface area contributed by atoms with Gasteiger partial charge in [0.2, 0.25) is 0 Å². The fraction of sp³-hybridized carbons (Fsp3) is 1.00. The van der Waals surface area contributed by atoms with Crippen LogP contribution in [0.5, 0.6) is 0 Å².